The van der Waals surface area contributed by atoms with Gasteiger partial charge in [-0.1, -0.05) is 6.92 Å². The molecular formula is C14H20N2O4S. The van der Waals surface area contributed by atoms with E-state index in [2.05, 4.69) is 17.6 Å². The topological polar surface area (TPSA) is 87.7 Å². The number of thioether (sulfide) groups is 1. The molecule has 1 aromatic carbocycles. The van der Waals surface area contributed by atoms with Gasteiger partial charge < -0.3 is 20.5 Å². The predicted molar refractivity (Wildman–Crippen MR) is 84.6 cm³/mol. The van der Waals surface area contributed by atoms with Crippen LogP contribution in [0.3, 0.4) is 0 Å². The first kappa shape index (κ1) is 17.2. The second kappa shape index (κ2) is 8.41. The average molecular weight is 312 g/mol. The van der Waals surface area contributed by atoms with Crippen molar-refractivity contribution in [1.82, 2.24) is 5.32 Å². The molecule has 0 fully saturated rings. The van der Waals surface area contributed by atoms with Crippen LogP contribution in [-0.4, -0.2) is 42.3 Å². The molecule has 116 valence electrons. The van der Waals surface area contributed by atoms with E-state index < -0.39 is 5.97 Å². The molecule has 1 rings (SSSR count). The van der Waals surface area contributed by atoms with Gasteiger partial charge in [0.25, 0.3) is 0 Å². The summed E-state index contributed by atoms with van der Waals surface area (Å²) in [6.45, 7) is 2.68. The lowest BCUT2D eigenvalue weighted by Crippen LogP contribution is -2.30. The number of benzene rings is 1. The smallest absolute Gasteiger partial charge is 0.339 e. The first-order chi connectivity index (χ1) is 9.97. The van der Waals surface area contributed by atoms with E-state index in [1.54, 1.807) is 11.8 Å². The Bertz CT molecular complexity index is 508. The molecule has 3 N–H and O–H groups in total. The van der Waals surface area contributed by atoms with E-state index in [9.17, 15) is 9.59 Å². The van der Waals surface area contributed by atoms with Gasteiger partial charge >= 0.3 is 12.0 Å². The van der Waals surface area contributed by atoms with Crippen LogP contribution in [-0.2, 0) is 0 Å². The fourth-order valence-corrected chi connectivity index (χ4v) is 1.98. The van der Waals surface area contributed by atoms with Crippen LogP contribution in [0.4, 0.5) is 10.5 Å². The molecule has 2 amide bonds. The predicted octanol–water partition coefficient (Wildman–Crippen LogP) is 2.66. The molecule has 0 bridgehead atoms. The average Bonchev–Trinajstić information content (AvgIpc) is 2.46. The Morgan fingerprint density at radius 1 is 1.43 bits per heavy atom. The van der Waals surface area contributed by atoms with Crippen molar-refractivity contribution in [3.63, 3.8) is 0 Å². The minimum atomic E-state index is -1.08. The number of methoxy groups -OCH3 is 1. The number of carboxylic acid groups (broad SMARTS) is 1. The minimum Gasteiger partial charge on any atom is -0.496 e. The summed E-state index contributed by atoms with van der Waals surface area (Å²) in [4.78, 5) is 22.7. The Hall–Kier alpha value is -1.89. The molecule has 21 heavy (non-hydrogen) atoms. The lowest BCUT2D eigenvalue weighted by Gasteiger charge is -2.11. The van der Waals surface area contributed by atoms with Gasteiger partial charge in [0.15, 0.2) is 0 Å². The maximum absolute atomic E-state index is 11.7. The highest BCUT2D eigenvalue weighted by Gasteiger charge is 2.12. The highest BCUT2D eigenvalue weighted by molar-refractivity contribution is 7.99. The van der Waals surface area contributed by atoms with Crippen LogP contribution in [0.5, 0.6) is 5.75 Å². The highest BCUT2D eigenvalue weighted by atomic mass is 32.2. The zero-order valence-corrected chi connectivity index (χ0v) is 13.1. The van der Waals surface area contributed by atoms with E-state index in [0.29, 0.717) is 17.5 Å². The summed E-state index contributed by atoms with van der Waals surface area (Å²) in [5.74, 6) is -0.870. The summed E-state index contributed by atoms with van der Waals surface area (Å²) in [6.07, 6.45) is 2.91. The van der Waals surface area contributed by atoms with E-state index in [-0.39, 0.29) is 17.3 Å². The Balaban J connectivity index is 2.58. The van der Waals surface area contributed by atoms with E-state index in [0.717, 1.165) is 6.42 Å². The van der Waals surface area contributed by atoms with Gasteiger partial charge in [-0.25, -0.2) is 9.59 Å². The van der Waals surface area contributed by atoms with Crippen LogP contribution in [0.25, 0.3) is 0 Å². The van der Waals surface area contributed by atoms with Gasteiger partial charge in [-0.05, 0) is 24.8 Å². The molecule has 0 aromatic heterocycles. The molecule has 0 aliphatic carbocycles. The minimum absolute atomic E-state index is 0.0530. The number of hydrogen-bond acceptors (Lipinski definition) is 4. The highest BCUT2D eigenvalue weighted by Crippen LogP contribution is 2.23. The van der Waals surface area contributed by atoms with Crippen LogP contribution in [0, 0.1) is 0 Å². The van der Waals surface area contributed by atoms with Crippen molar-refractivity contribution in [2.45, 2.75) is 18.6 Å². The summed E-state index contributed by atoms with van der Waals surface area (Å²) < 4.78 is 5.00. The van der Waals surface area contributed by atoms with Gasteiger partial charge in [0.1, 0.15) is 11.3 Å². The van der Waals surface area contributed by atoms with Gasteiger partial charge in [-0.15, -0.1) is 0 Å². The van der Waals surface area contributed by atoms with Crippen molar-refractivity contribution in [1.29, 1.82) is 0 Å². The summed E-state index contributed by atoms with van der Waals surface area (Å²) in [6, 6.07) is 4.07. The molecule has 0 radical (unpaired) electrons. The molecule has 0 aliphatic heterocycles. The van der Waals surface area contributed by atoms with E-state index in [4.69, 9.17) is 9.84 Å². The molecule has 1 atom stereocenters. The van der Waals surface area contributed by atoms with Crippen LogP contribution in [0.2, 0.25) is 0 Å². The van der Waals surface area contributed by atoms with Gasteiger partial charge in [0, 0.05) is 23.5 Å². The summed E-state index contributed by atoms with van der Waals surface area (Å²) in [7, 11) is 1.38. The maximum atomic E-state index is 11.7. The quantitative estimate of drug-likeness (QED) is 0.720. The second-order valence-electron chi connectivity index (χ2n) is 4.44. The molecule has 0 saturated heterocycles. The Kier molecular flexibility index (Phi) is 6.87. The van der Waals surface area contributed by atoms with Gasteiger partial charge in [0.05, 0.1) is 7.11 Å². The third kappa shape index (κ3) is 5.55. The fourth-order valence-electron chi connectivity index (χ4n) is 1.63. The standard InChI is InChI=1S/C14H20N2O4S/c1-9(21-3)6-7-15-14(19)16-10-4-5-11(13(17)18)12(8-10)20-2/h4-5,8-9H,6-7H2,1-3H3,(H,17,18)(H2,15,16,19). The normalized spacial score (nSPS) is 11.6. The van der Waals surface area contributed by atoms with Crippen LogP contribution in [0.1, 0.15) is 23.7 Å². The lowest BCUT2D eigenvalue weighted by atomic mass is 10.2. The molecule has 0 saturated carbocycles. The number of carbonyl (C=O) groups excluding carboxylic acids is 1. The van der Waals surface area contributed by atoms with E-state index in [1.807, 2.05) is 6.26 Å². The third-order valence-electron chi connectivity index (χ3n) is 2.93. The van der Waals surface area contributed by atoms with Crippen molar-refractivity contribution in [3.05, 3.63) is 23.8 Å². The molecule has 1 aromatic rings. The monoisotopic (exact) mass is 312 g/mol. The number of urea groups is 1. The largest absolute Gasteiger partial charge is 0.496 e. The summed E-state index contributed by atoms with van der Waals surface area (Å²) >= 11 is 1.75. The number of hydrogen-bond donors (Lipinski definition) is 3. The lowest BCUT2D eigenvalue weighted by molar-refractivity contribution is 0.0693. The van der Waals surface area contributed by atoms with Crippen LogP contribution < -0.4 is 15.4 Å². The van der Waals surface area contributed by atoms with Crippen LogP contribution in [0.15, 0.2) is 18.2 Å². The molecule has 0 aliphatic rings. The van der Waals surface area contributed by atoms with Gasteiger partial charge in [0.2, 0.25) is 0 Å². The number of aromatic carboxylic acids is 1. The molecular weight excluding hydrogens is 292 g/mol. The first-order valence-electron chi connectivity index (χ1n) is 6.47. The zero-order valence-electron chi connectivity index (χ0n) is 12.3. The summed E-state index contributed by atoms with van der Waals surface area (Å²) in [5.41, 5.74) is 0.532. The maximum Gasteiger partial charge on any atom is 0.339 e. The van der Waals surface area contributed by atoms with E-state index in [1.165, 1.54) is 25.3 Å². The Labute approximate surface area is 128 Å². The molecule has 7 heteroatoms. The van der Waals surface area contributed by atoms with Crippen molar-refractivity contribution in [3.8, 4) is 5.75 Å². The number of amides is 2. The molecule has 0 heterocycles. The number of carbonyl (C=O) groups is 2. The number of nitrogens with one attached hydrogen (secondary N) is 2. The fraction of sp³-hybridized carbons (Fsp3) is 0.429. The van der Waals surface area contributed by atoms with E-state index >= 15 is 0 Å². The van der Waals surface area contributed by atoms with Crippen molar-refractivity contribution in [2.24, 2.45) is 0 Å². The Morgan fingerprint density at radius 2 is 2.14 bits per heavy atom. The number of anilines is 1. The number of carboxylic acids is 1. The van der Waals surface area contributed by atoms with Crippen molar-refractivity contribution < 1.29 is 19.4 Å². The van der Waals surface area contributed by atoms with Gasteiger partial charge in [-0.3, -0.25) is 0 Å². The zero-order chi connectivity index (χ0) is 15.8. The van der Waals surface area contributed by atoms with Crippen LogP contribution >= 0.6 is 11.8 Å². The second-order valence-corrected chi connectivity index (χ2v) is 5.71. The molecule has 1 unspecified atom stereocenters. The van der Waals surface area contributed by atoms with Crippen molar-refractivity contribution >= 4 is 29.4 Å². The number of rotatable bonds is 7. The SMILES string of the molecule is COc1cc(NC(=O)NCCC(C)SC)ccc1C(=O)O. The van der Waals surface area contributed by atoms with Gasteiger partial charge in [-0.2, -0.15) is 11.8 Å². The molecule has 0 spiro atoms. The third-order valence-corrected chi connectivity index (χ3v) is 3.97. The first-order valence-corrected chi connectivity index (χ1v) is 7.75. The Morgan fingerprint density at radius 3 is 2.71 bits per heavy atom. The molecule has 6 nitrogen and oxygen atoms in total. The number of ether oxygens (including phenoxy) is 1. The van der Waals surface area contributed by atoms with Crippen molar-refractivity contribution in [2.75, 3.05) is 25.2 Å². The summed E-state index contributed by atoms with van der Waals surface area (Å²) in [5, 5.41) is 14.9.